The molecule has 1 aliphatic heterocycles. The average Bonchev–Trinajstić information content (AvgIpc) is 3.04. The van der Waals surface area contributed by atoms with Gasteiger partial charge < -0.3 is 14.2 Å². The lowest BCUT2D eigenvalue weighted by Crippen LogP contribution is -2.27. The van der Waals surface area contributed by atoms with Crippen LogP contribution in [-0.2, 0) is 4.79 Å². The summed E-state index contributed by atoms with van der Waals surface area (Å²) < 4.78 is 17.9. The number of hydrogen-bond acceptors (Lipinski definition) is 6. The number of nitrogens with zero attached hydrogens (tertiary/aromatic N) is 1. The van der Waals surface area contributed by atoms with E-state index >= 15 is 0 Å². The van der Waals surface area contributed by atoms with E-state index in [0.717, 1.165) is 11.3 Å². The predicted octanol–water partition coefficient (Wildman–Crippen LogP) is 5.55. The Morgan fingerprint density at radius 2 is 1.91 bits per heavy atom. The van der Waals surface area contributed by atoms with E-state index in [1.807, 2.05) is 30.3 Å². The number of aryl methyl sites for hydroxylation is 2. The molecule has 7 heteroatoms. The van der Waals surface area contributed by atoms with Crippen LogP contribution in [0.5, 0.6) is 17.2 Å². The van der Waals surface area contributed by atoms with Crippen LogP contribution in [0.2, 0.25) is 0 Å². The second-order valence-electron chi connectivity index (χ2n) is 7.26. The van der Waals surface area contributed by atoms with Gasteiger partial charge in [0.25, 0.3) is 5.91 Å². The first-order valence-corrected chi connectivity index (χ1v) is 11.5. The number of amides is 1. The summed E-state index contributed by atoms with van der Waals surface area (Å²) >= 11 is 6.60. The van der Waals surface area contributed by atoms with Gasteiger partial charge in [-0.25, -0.2) is 0 Å². The number of para-hydroxylation sites is 1. The Balaban J connectivity index is 1.66. The van der Waals surface area contributed by atoms with Crippen molar-refractivity contribution in [1.82, 2.24) is 4.90 Å². The summed E-state index contributed by atoms with van der Waals surface area (Å²) in [6.45, 7) is 9.21. The number of hydrogen-bond donors (Lipinski definition) is 0. The maximum atomic E-state index is 12.7. The van der Waals surface area contributed by atoms with Gasteiger partial charge in [-0.15, -0.1) is 6.58 Å². The van der Waals surface area contributed by atoms with Gasteiger partial charge >= 0.3 is 0 Å². The predicted molar refractivity (Wildman–Crippen MR) is 135 cm³/mol. The van der Waals surface area contributed by atoms with Crippen molar-refractivity contribution in [2.45, 2.75) is 20.3 Å². The number of carbonyl (C=O) groups excluding carboxylic acids is 1. The van der Waals surface area contributed by atoms with Crippen molar-refractivity contribution in [2.24, 2.45) is 0 Å². The highest BCUT2D eigenvalue weighted by Gasteiger charge is 2.31. The van der Waals surface area contributed by atoms with Gasteiger partial charge in [-0.1, -0.05) is 48.3 Å². The molecule has 0 saturated carbocycles. The van der Waals surface area contributed by atoms with Crippen LogP contribution >= 0.6 is 24.0 Å². The van der Waals surface area contributed by atoms with E-state index in [9.17, 15) is 4.79 Å². The lowest BCUT2D eigenvalue weighted by molar-refractivity contribution is -0.121. The molecule has 1 fully saturated rings. The SMILES string of the molecule is C=CCN1C(=O)C(=Cc2cccc(OC)c2OCCCOc2ccc(C)c(C)c2)SC1=S. The first-order valence-electron chi connectivity index (χ1n) is 10.3. The number of ether oxygens (including phenoxy) is 3. The highest BCUT2D eigenvalue weighted by Crippen LogP contribution is 2.37. The minimum atomic E-state index is -0.129. The quantitative estimate of drug-likeness (QED) is 0.197. The molecule has 0 unspecified atom stereocenters. The molecule has 1 saturated heterocycles. The van der Waals surface area contributed by atoms with Gasteiger partial charge in [0, 0.05) is 18.5 Å². The maximum Gasteiger partial charge on any atom is 0.266 e. The Kier molecular flexibility index (Phi) is 8.36. The summed E-state index contributed by atoms with van der Waals surface area (Å²) in [4.78, 5) is 14.7. The van der Waals surface area contributed by atoms with Crippen molar-refractivity contribution in [3.8, 4) is 17.2 Å². The molecule has 168 valence electrons. The van der Waals surface area contributed by atoms with Crippen LogP contribution in [0.25, 0.3) is 6.08 Å². The molecule has 32 heavy (non-hydrogen) atoms. The fourth-order valence-electron chi connectivity index (χ4n) is 3.12. The van der Waals surface area contributed by atoms with E-state index in [-0.39, 0.29) is 5.91 Å². The normalized spacial score (nSPS) is 14.7. The Bertz CT molecular complexity index is 1050. The Morgan fingerprint density at radius 1 is 1.12 bits per heavy atom. The van der Waals surface area contributed by atoms with Crippen molar-refractivity contribution in [1.29, 1.82) is 0 Å². The molecule has 1 amide bonds. The summed E-state index contributed by atoms with van der Waals surface area (Å²) in [6, 6.07) is 11.7. The van der Waals surface area contributed by atoms with Gasteiger partial charge in [0.2, 0.25) is 0 Å². The van der Waals surface area contributed by atoms with Crippen LogP contribution in [0.3, 0.4) is 0 Å². The lowest BCUT2D eigenvalue weighted by atomic mass is 10.1. The third-order valence-corrected chi connectivity index (χ3v) is 6.36. The topological polar surface area (TPSA) is 48.0 Å². The molecule has 0 N–H and O–H groups in total. The fourth-order valence-corrected chi connectivity index (χ4v) is 4.38. The van der Waals surface area contributed by atoms with E-state index in [4.69, 9.17) is 26.4 Å². The molecular formula is C25H27NO4S2. The minimum Gasteiger partial charge on any atom is -0.493 e. The van der Waals surface area contributed by atoms with Crippen molar-refractivity contribution < 1.29 is 19.0 Å². The Labute approximate surface area is 199 Å². The summed E-state index contributed by atoms with van der Waals surface area (Å²) in [7, 11) is 1.60. The molecular weight excluding hydrogens is 442 g/mol. The molecule has 0 aromatic heterocycles. The van der Waals surface area contributed by atoms with Crippen molar-refractivity contribution in [3.05, 3.63) is 70.6 Å². The Morgan fingerprint density at radius 3 is 2.62 bits per heavy atom. The summed E-state index contributed by atoms with van der Waals surface area (Å²) in [5.74, 6) is 1.92. The van der Waals surface area contributed by atoms with Crippen LogP contribution in [0, 0.1) is 13.8 Å². The molecule has 0 atom stereocenters. The third-order valence-electron chi connectivity index (χ3n) is 4.98. The van der Waals surface area contributed by atoms with Gasteiger partial charge in [0.1, 0.15) is 10.1 Å². The molecule has 0 aliphatic carbocycles. The third kappa shape index (κ3) is 5.72. The second kappa shape index (κ2) is 11.2. The average molecular weight is 470 g/mol. The molecule has 0 spiro atoms. The van der Waals surface area contributed by atoms with E-state index in [1.165, 1.54) is 27.8 Å². The monoisotopic (exact) mass is 469 g/mol. The zero-order valence-electron chi connectivity index (χ0n) is 18.6. The van der Waals surface area contributed by atoms with Crippen LogP contribution in [0.15, 0.2) is 54.0 Å². The zero-order chi connectivity index (χ0) is 23.1. The van der Waals surface area contributed by atoms with E-state index in [2.05, 4.69) is 26.5 Å². The number of thioether (sulfide) groups is 1. The zero-order valence-corrected chi connectivity index (χ0v) is 20.2. The highest BCUT2D eigenvalue weighted by molar-refractivity contribution is 8.26. The summed E-state index contributed by atoms with van der Waals surface area (Å²) in [5, 5.41) is 0. The van der Waals surface area contributed by atoms with Gasteiger partial charge in [-0.3, -0.25) is 9.69 Å². The number of carbonyl (C=O) groups is 1. The number of thiocarbonyl (C=S) groups is 1. The molecule has 1 aliphatic rings. The van der Waals surface area contributed by atoms with E-state index < -0.39 is 0 Å². The molecule has 2 aromatic rings. The molecule has 1 heterocycles. The summed E-state index contributed by atoms with van der Waals surface area (Å²) in [6.07, 6.45) is 4.16. The van der Waals surface area contributed by atoms with Crippen LogP contribution in [0.4, 0.5) is 0 Å². The molecule has 0 radical (unpaired) electrons. The van der Waals surface area contributed by atoms with E-state index in [0.29, 0.717) is 46.9 Å². The number of benzene rings is 2. The summed E-state index contributed by atoms with van der Waals surface area (Å²) in [5.41, 5.74) is 3.21. The first kappa shape index (κ1) is 23.9. The van der Waals surface area contributed by atoms with Crippen molar-refractivity contribution in [3.63, 3.8) is 0 Å². The first-order chi connectivity index (χ1) is 15.4. The van der Waals surface area contributed by atoms with E-state index in [1.54, 1.807) is 19.3 Å². The highest BCUT2D eigenvalue weighted by atomic mass is 32.2. The second-order valence-corrected chi connectivity index (χ2v) is 8.93. The van der Waals surface area contributed by atoms with Crippen molar-refractivity contribution in [2.75, 3.05) is 26.9 Å². The number of methoxy groups -OCH3 is 1. The molecule has 3 rings (SSSR count). The molecule has 2 aromatic carbocycles. The van der Waals surface area contributed by atoms with Crippen LogP contribution in [0.1, 0.15) is 23.1 Å². The van der Waals surface area contributed by atoms with Crippen LogP contribution < -0.4 is 14.2 Å². The van der Waals surface area contributed by atoms with Gasteiger partial charge in [0.15, 0.2) is 11.5 Å². The smallest absolute Gasteiger partial charge is 0.266 e. The lowest BCUT2D eigenvalue weighted by Gasteiger charge is -2.14. The largest absolute Gasteiger partial charge is 0.493 e. The van der Waals surface area contributed by atoms with Gasteiger partial charge in [-0.2, -0.15) is 0 Å². The van der Waals surface area contributed by atoms with Crippen molar-refractivity contribution >= 4 is 40.3 Å². The standard InChI is InChI=1S/C25H27NO4S2/c1-5-12-26-24(27)22(32-25(26)31)16-19-8-6-9-21(28-4)23(19)30-14-7-13-29-20-11-10-17(2)18(3)15-20/h5-6,8-11,15-16H,1,7,12-14H2,2-4H3. The molecule has 0 bridgehead atoms. The number of rotatable bonds is 10. The van der Waals surface area contributed by atoms with Gasteiger partial charge in [0.05, 0.1) is 25.2 Å². The van der Waals surface area contributed by atoms with Crippen LogP contribution in [-0.4, -0.2) is 42.0 Å². The maximum absolute atomic E-state index is 12.7. The van der Waals surface area contributed by atoms with Gasteiger partial charge in [-0.05, 0) is 49.2 Å². The minimum absolute atomic E-state index is 0.129. The fraction of sp³-hybridized carbons (Fsp3) is 0.280. The molecule has 5 nitrogen and oxygen atoms in total. The Hall–Kier alpha value is -2.77.